The molecule has 0 bridgehead atoms. The Morgan fingerprint density at radius 3 is 2.26 bits per heavy atom. The van der Waals surface area contributed by atoms with Gasteiger partial charge in [0.25, 0.3) is 10.2 Å². The van der Waals surface area contributed by atoms with Gasteiger partial charge in [0.05, 0.1) is 12.2 Å². The number of carboxylic acids is 1. The lowest BCUT2D eigenvalue weighted by Gasteiger charge is -2.37. The standard InChI is InChI=1S/C11H22N2O5S/c1-5-10(11(14)15)12(4)19(16,17)13-6-8(2)18-9(3)7-13/h8-10H,5-7H2,1-4H3,(H,14,15). The van der Waals surface area contributed by atoms with Crippen molar-refractivity contribution >= 4 is 16.2 Å². The maximum atomic E-state index is 12.4. The summed E-state index contributed by atoms with van der Waals surface area (Å²) < 4.78 is 32.5. The molecule has 0 saturated carbocycles. The van der Waals surface area contributed by atoms with Gasteiger partial charge in [-0.25, -0.2) is 0 Å². The van der Waals surface area contributed by atoms with Crippen molar-refractivity contribution in [2.24, 2.45) is 0 Å². The molecule has 8 heteroatoms. The van der Waals surface area contributed by atoms with E-state index in [0.29, 0.717) is 0 Å². The maximum Gasteiger partial charge on any atom is 0.322 e. The van der Waals surface area contributed by atoms with Gasteiger partial charge in [0, 0.05) is 20.1 Å². The van der Waals surface area contributed by atoms with Gasteiger partial charge in [0.2, 0.25) is 0 Å². The van der Waals surface area contributed by atoms with Crippen molar-refractivity contribution in [1.29, 1.82) is 0 Å². The van der Waals surface area contributed by atoms with Crippen LogP contribution in [0.3, 0.4) is 0 Å². The smallest absolute Gasteiger partial charge is 0.322 e. The fourth-order valence-corrected chi connectivity index (χ4v) is 3.97. The summed E-state index contributed by atoms with van der Waals surface area (Å²) in [6, 6.07) is -1.04. The molecule has 19 heavy (non-hydrogen) atoms. The lowest BCUT2D eigenvalue weighted by atomic mass is 10.2. The fourth-order valence-electron chi connectivity index (χ4n) is 2.25. The number of hydrogen-bond donors (Lipinski definition) is 1. The van der Waals surface area contributed by atoms with Gasteiger partial charge in [-0.2, -0.15) is 17.0 Å². The first-order valence-corrected chi connectivity index (χ1v) is 7.71. The third-order valence-electron chi connectivity index (χ3n) is 3.19. The van der Waals surface area contributed by atoms with Crippen LogP contribution in [0.4, 0.5) is 0 Å². The van der Waals surface area contributed by atoms with Crippen molar-refractivity contribution in [2.45, 2.75) is 45.4 Å². The molecule has 3 unspecified atom stereocenters. The van der Waals surface area contributed by atoms with E-state index in [4.69, 9.17) is 9.84 Å². The van der Waals surface area contributed by atoms with E-state index in [1.54, 1.807) is 20.8 Å². The number of ether oxygens (including phenoxy) is 1. The number of rotatable bonds is 5. The zero-order valence-corrected chi connectivity index (χ0v) is 12.6. The van der Waals surface area contributed by atoms with Crippen molar-refractivity contribution in [2.75, 3.05) is 20.1 Å². The minimum atomic E-state index is -3.78. The van der Waals surface area contributed by atoms with Crippen LogP contribution in [0.25, 0.3) is 0 Å². The van der Waals surface area contributed by atoms with Crippen molar-refractivity contribution in [3.05, 3.63) is 0 Å². The number of hydrogen-bond acceptors (Lipinski definition) is 4. The average molecular weight is 294 g/mol. The summed E-state index contributed by atoms with van der Waals surface area (Å²) in [7, 11) is -2.47. The van der Waals surface area contributed by atoms with Crippen LogP contribution in [0, 0.1) is 0 Å². The fraction of sp³-hybridized carbons (Fsp3) is 0.909. The second-order valence-corrected chi connectivity index (χ2v) is 6.85. The van der Waals surface area contributed by atoms with E-state index < -0.39 is 22.2 Å². The van der Waals surface area contributed by atoms with Crippen LogP contribution in [-0.4, -0.2) is 66.5 Å². The van der Waals surface area contributed by atoms with E-state index in [9.17, 15) is 13.2 Å². The summed E-state index contributed by atoms with van der Waals surface area (Å²) in [5, 5.41) is 9.06. The second kappa shape index (κ2) is 6.17. The van der Waals surface area contributed by atoms with E-state index in [1.165, 1.54) is 11.4 Å². The van der Waals surface area contributed by atoms with Crippen LogP contribution in [0.5, 0.6) is 0 Å². The zero-order valence-electron chi connectivity index (χ0n) is 11.7. The van der Waals surface area contributed by atoms with Gasteiger partial charge in [0.1, 0.15) is 6.04 Å². The molecule has 1 fully saturated rings. The molecule has 112 valence electrons. The van der Waals surface area contributed by atoms with Crippen molar-refractivity contribution in [3.63, 3.8) is 0 Å². The summed E-state index contributed by atoms with van der Waals surface area (Å²) in [5.74, 6) is -1.14. The summed E-state index contributed by atoms with van der Waals surface area (Å²) in [6.45, 7) is 5.73. The van der Waals surface area contributed by atoms with E-state index in [-0.39, 0.29) is 31.7 Å². The summed E-state index contributed by atoms with van der Waals surface area (Å²) in [5.41, 5.74) is 0. The van der Waals surface area contributed by atoms with Crippen LogP contribution in [-0.2, 0) is 19.7 Å². The number of nitrogens with zero attached hydrogens (tertiary/aromatic N) is 2. The first-order chi connectivity index (χ1) is 8.70. The Balaban J connectivity index is 2.93. The van der Waals surface area contributed by atoms with Gasteiger partial charge < -0.3 is 9.84 Å². The molecule has 0 aliphatic carbocycles. The number of likely N-dealkylation sites (N-methyl/N-ethyl adjacent to an activating group) is 1. The summed E-state index contributed by atoms with van der Waals surface area (Å²) >= 11 is 0. The molecule has 0 aromatic rings. The first-order valence-electron chi connectivity index (χ1n) is 6.31. The van der Waals surface area contributed by atoms with Crippen molar-refractivity contribution < 1.29 is 23.1 Å². The molecule has 7 nitrogen and oxygen atoms in total. The molecule has 0 spiro atoms. The van der Waals surface area contributed by atoms with Gasteiger partial charge in [-0.3, -0.25) is 4.79 Å². The SMILES string of the molecule is CCC(C(=O)O)N(C)S(=O)(=O)N1CC(C)OC(C)C1. The monoisotopic (exact) mass is 294 g/mol. The Hall–Kier alpha value is -0.700. The molecule has 0 aromatic carbocycles. The molecule has 1 N–H and O–H groups in total. The second-order valence-electron chi connectivity index (χ2n) is 4.86. The Labute approximate surface area is 114 Å². The summed E-state index contributed by atoms with van der Waals surface area (Å²) in [4.78, 5) is 11.1. The van der Waals surface area contributed by atoms with Crippen LogP contribution in [0.15, 0.2) is 0 Å². The van der Waals surface area contributed by atoms with E-state index in [2.05, 4.69) is 0 Å². The largest absolute Gasteiger partial charge is 0.480 e. The number of aliphatic carboxylic acids is 1. The van der Waals surface area contributed by atoms with Gasteiger partial charge in [-0.15, -0.1) is 0 Å². The van der Waals surface area contributed by atoms with Crippen LogP contribution >= 0.6 is 0 Å². The number of morpholine rings is 1. The molecule has 3 atom stereocenters. The van der Waals surface area contributed by atoms with Crippen molar-refractivity contribution in [3.8, 4) is 0 Å². The topological polar surface area (TPSA) is 87.2 Å². The van der Waals surface area contributed by atoms with Crippen molar-refractivity contribution in [1.82, 2.24) is 8.61 Å². The Morgan fingerprint density at radius 1 is 1.42 bits per heavy atom. The number of carboxylic acid groups (broad SMARTS) is 1. The lowest BCUT2D eigenvalue weighted by Crippen LogP contribution is -2.55. The predicted molar refractivity (Wildman–Crippen MR) is 70.0 cm³/mol. The quantitative estimate of drug-likeness (QED) is 0.779. The Kier molecular flexibility index (Phi) is 5.31. The number of carbonyl (C=O) groups is 1. The Morgan fingerprint density at radius 2 is 1.89 bits per heavy atom. The lowest BCUT2D eigenvalue weighted by molar-refractivity contribution is -0.141. The molecule has 0 aromatic heterocycles. The van der Waals surface area contributed by atoms with E-state index >= 15 is 0 Å². The third kappa shape index (κ3) is 3.65. The molecule has 1 aliphatic heterocycles. The normalized spacial score (nSPS) is 27.4. The highest BCUT2D eigenvalue weighted by Crippen LogP contribution is 2.19. The Bertz CT molecular complexity index is 415. The van der Waals surface area contributed by atoms with Crippen LogP contribution in [0.2, 0.25) is 0 Å². The zero-order chi connectivity index (χ0) is 14.8. The third-order valence-corrected chi connectivity index (χ3v) is 5.12. The molecule has 1 saturated heterocycles. The van der Waals surface area contributed by atoms with Crippen LogP contribution in [0.1, 0.15) is 27.2 Å². The highest BCUT2D eigenvalue weighted by molar-refractivity contribution is 7.86. The molecular formula is C11H22N2O5S. The molecule has 1 heterocycles. The van der Waals surface area contributed by atoms with Gasteiger partial charge in [-0.1, -0.05) is 6.92 Å². The molecule has 0 amide bonds. The molecule has 0 radical (unpaired) electrons. The van der Waals surface area contributed by atoms with Crippen LogP contribution < -0.4 is 0 Å². The minimum absolute atomic E-state index is 0.197. The molecule has 1 aliphatic rings. The van der Waals surface area contributed by atoms with Gasteiger partial charge in [-0.05, 0) is 20.3 Å². The van der Waals surface area contributed by atoms with E-state index in [1.807, 2.05) is 0 Å². The average Bonchev–Trinajstić information content (AvgIpc) is 2.27. The summed E-state index contributed by atoms with van der Waals surface area (Å²) in [6.07, 6.45) is -0.172. The van der Waals surface area contributed by atoms with Gasteiger partial charge >= 0.3 is 5.97 Å². The maximum absolute atomic E-state index is 12.4. The highest BCUT2D eigenvalue weighted by atomic mass is 32.2. The highest BCUT2D eigenvalue weighted by Gasteiger charge is 2.38. The van der Waals surface area contributed by atoms with Gasteiger partial charge in [0.15, 0.2) is 0 Å². The minimum Gasteiger partial charge on any atom is -0.480 e. The molecule has 1 rings (SSSR count). The molecular weight excluding hydrogens is 272 g/mol. The predicted octanol–water partition coefficient (Wildman–Crippen LogP) is 0.135. The first kappa shape index (κ1) is 16.4. The van der Waals surface area contributed by atoms with E-state index in [0.717, 1.165) is 4.31 Å².